The van der Waals surface area contributed by atoms with E-state index in [4.69, 9.17) is 4.74 Å². The number of nitrogens with zero attached hydrogens (tertiary/aromatic N) is 3. The van der Waals surface area contributed by atoms with E-state index in [0.29, 0.717) is 30.4 Å². The third kappa shape index (κ3) is 3.22. The molecule has 5 rings (SSSR count). The van der Waals surface area contributed by atoms with Crippen molar-refractivity contribution < 1.29 is 9.53 Å². The first-order chi connectivity index (χ1) is 13.8. The summed E-state index contributed by atoms with van der Waals surface area (Å²) in [5, 5.41) is 7.16. The summed E-state index contributed by atoms with van der Waals surface area (Å²) in [5.41, 5.74) is 4.35. The minimum Gasteiger partial charge on any atom is -0.381 e. The molecule has 0 saturated carbocycles. The average molecular weight is 376 g/mol. The molecule has 1 aromatic carbocycles. The van der Waals surface area contributed by atoms with E-state index in [-0.39, 0.29) is 11.9 Å². The minimum absolute atomic E-state index is 0.135. The van der Waals surface area contributed by atoms with E-state index in [1.807, 2.05) is 18.3 Å². The van der Waals surface area contributed by atoms with Crippen LogP contribution in [0.15, 0.2) is 35.6 Å². The van der Waals surface area contributed by atoms with Crippen molar-refractivity contribution in [2.24, 2.45) is 4.99 Å². The number of carbonyl (C=O) groups is 1. The lowest BCUT2D eigenvalue weighted by atomic mass is 10.1. The van der Waals surface area contributed by atoms with Gasteiger partial charge in [-0.25, -0.2) is 9.97 Å². The quantitative estimate of drug-likeness (QED) is 0.649. The molecular weight excluding hydrogens is 356 g/mol. The Morgan fingerprint density at radius 2 is 2.07 bits per heavy atom. The number of fused-ring (bicyclic) bond motifs is 2. The number of hydrogen-bond donors (Lipinski definition) is 3. The van der Waals surface area contributed by atoms with E-state index in [2.05, 4.69) is 36.6 Å². The van der Waals surface area contributed by atoms with Crippen LogP contribution in [0, 0.1) is 0 Å². The molecule has 3 aromatic rings. The zero-order valence-electron chi connectivity index (χ0n) is 15.2. The second-order valence-electron chi connectivity index (χ2n) is 7.04. The lowest BCUT2D eigenvalue weighted by molar-refractivity contribution is 0.0694. The number of H-pyrrole nitrogens is 1. The smallest absolute Gasteiger partial charge is 0.267 e. The van der Waals surface area contributed by atoms with Crippen LogP contribution in [0.4, 0.5) is 11.5 Å². The highest BCUT2D eigenvalue weighted by atomic mass is 16.5. The van der Waals surface area contributed by atoms with Gasteiger partial charge in [-0.3, -0.25) is 9.79 Å². The molecule has 8 heteroatoms. The van der Waals surface area contributed by atoms with Crippen molar-refractivity contribution >= 4 is 34.7 Å². The number of hydrogen-bond acceptors (Lipinski definition) is 6. The molecule has 28 heavy (non-hydrogen) atoms. The van der Waals surface area contributed by atoms with Crippen LogP contribution in [0.3, 0.4) is 0 Å². The van der Waals surface area contributed by atoms with Gasteiger partial charge in [-0.15, -0.1) is 0 Å². The summed E-state index contributed by atoms with van der Waals surface area (Å²) >= 11 is 0. The van der Waals surface area contributed by atoms with Gasteiger partial charge in [0.15, 0.2) is 0 Å². The van der Waals surface area contributed by atoms with Crippen LogP contribution in [0.25, 0.3) is 11.0 Å². The Bertz CT molecular complexity index is 1070. The van der Waals surface area contributed by atoms with Gasteiger partial charge >= 0.3 is 0 Å². The third-order valence-electron chi connectivity index (χ3n) is 5.13. The third-order valence-corrected chi connectivity index (χ3v) is 5.13. The predicted octanol–water partition coefficient (Wildman–Crippen LogP) is 2.54. The van der Waals surface area contributed by atoms with Gasteiger partial charge in [0.2, 0.25) is 0 Å². The fourth-order valence-corrected chi connectivity index (χ4v) is 3.58. The number of anilines is 2. The van der Waals surface area contributed by atoms with Crippen LogP contribution < -0.4 is 10.6 Å². The Morgan fingerprint density at radius 1 is 1.18 bits per heavy atom. The second kappa shape index (κ2) is 7.05. The number of ether oxygens (including phenoxy) is 1. The second-order valence-corrected chi connectivity index (χ2v) is 7.04. The van der Waals surface area contributed by atoms with Crippen LogP contribution in [0.1, 0.15) is 34.5 Å². The number of aromatic amines is 1. The maximum absolute atomic E-state index is 12.6. The maximum atomic E-state index is 12.6. The molecule has 2 aliphatic heterocycles. The number of aliphatic imine (C=N–C) groups is 1. The van der Waals surface area contributed by atoms with Crippen LogP contribution in [-0.2, 0) is 11.3 Å². The van der Waals surface area contributed by atoms with Gasteiger partial charge in [0.25, 0.3) is 5.91 Å². The Kier molecular flexibility index (Phi) is 4.25. The Morgan fingerprint density at radius 3 is 2.96 bits per heavy atom. The van der Waals surface area contributed by atoms with Gasteiger partial charge in [-0.05, 0) is 42.2 Å². The Hall–Kier alpha value is -3.26. The van der Waals surface area contributed by atoms with E-state index >= 15 is 0 Å². The molecule has 2 aromatic heterocycles. The molecular formula is C20H20N6O2. The standard InChI is InChI=1S/C20H20N6O2/c27-20(25-14-3-5-28-6-4-14)17-8-16-18(22-11-23-19(16)26-17)24-15-2-1-12-9-21-10-13(12)7-15/h1-2,7-8,10-11,14H,3-6,9H2,(H,25,27)(H2,22,23,24,26). The van der Waals surface area contributed by atoms with Crippen molar-refractivity contribution in [2.45, 2.75) is 25.4 Å². The minimum atomic E-state index is -0.135. The number of carbonyl (C=O) groups excluding carboxylic acids is 1. The van der Waals surface area contributed by atoms with Crippen molar-refractivity contribution in [1.29, 1.82) is 0 Å². The molecule has 0 bridgehead atoms. The van der Waals surface area contributed by atoms with Gasteiger partial charge in [0, 0.05) is 31.2 Å². The van der Waals surface area contributed by atoms with E-state index in [1.54, 1.807) is 6.07 Å². The first-order valence-electron chi connectivity index (χ1n) is 9.38. The monoisotopic (exact) mass is 376 g/mol. The van der Waals surface area contributed by atoms with Gasteiger partial charge < -0.3 is 20.4 Å². The Balaban J connectivity index is 1.39. The topological polar surface area (TPSA) is 104 Å². The zero-order chi connectivity index (χ0) is 18.9. The van der Waals surface area contributed by atoms with E-state index < -0.39 is 0 Å². The number of nitrogens with one attached hydrogen (secondary N) is 3. The summed E-state index contributed by atoms with van der Waals surface area (Å²) in [6, 6.07) is 8.05. The summed E-state index contributed by atoms with van der Waals surface area (Å²) in [6.07, 6.45) is 5.03. The van der Waals surface area contributed by atoms with Gasteiger partial charge in [0.05, 0.1) is 11.9 Å². The van der Waals surface area contributed by atoms with Crippen molar-refractivity contribution in [3.05, 3.63) is 47.4 Å². The molecule has 4 heterocycles. The number of amides is 1. The van der Waals surface area contributed by atoms with Crippen molar-refractivity contribution in [2.75, 3.05) is 18.5 Å². The van der Waals surface area contributed by atoms with E-state index in [1.165, 1.54) is 11.9 Å². The highest BCUT2D eigenvalue weighted by molar-refractivity contribution is 6.00. The van der Waals surface area contributed by atoms with E-state index in [9.17, 15) is 4.79 Å². The van der Waals surface area contributed by atoms with Crippen LogP contribution in [-0.4, -0.2) is 46.3 Å². The number of aromatic nitrogens is 3. The van der Waals surface area contributed by atoms with Gasteiger partial charge in [-0.1, -0.05) is 6.07 Å². The predicted molar refractivity (Wildman–Crippen MR) is 106 cm³/mol. The summed E-state index contributed by atoms with van der Waals surface area (Å²) in [6.45, 7) is 2.10. The molecule has 2 aliphatic rings. The molecule has 1 fully saturated rings. The Labute approximate surface area is 161 Å². The molecule has 8 nitrogen and oxygen atoms in total. The highest BCUT2D eigenvalue weighted by Gasteiger charge is 2.19. The highest BCUT2D eigenvalue weighted by Crippen LogP contribution is 2.26. The molecule has 0 unspecified atom stereocenters. The maximum Gasteiger partial charge on any atom is 0.267 e. The van der Waals surface area contributed by atoms with Gasteiger partial charge in [0.1, 0.15) is 23.5 Å². The molecule has 1 saturated heterocycles. The average Bonchev–Trinajstić information content (AvgIpc) is 3.36. The van der Waals surface area contributed by atoms with Crippen LogP contribution in [0.5, 0.6) is 0 Å². The zero-order valence-corrected chi connectivity index (χ0v) is 15.2. The first kappa shape index (κ1) is 16.9. The molecule has 0 aliphatic carbocycles. The lowest BCUT2D eigenvalue weighted by Crippen LogP contribution is -2.39. The SMILES string of the molecule is O=C(NC1CCOCC1)c1cc2c(Nc3ccc4c(c3)C=NC4)ncnc2[nH]1. The summed E-state index contributed by atoms with van der Waals surface area (Å²) in [5.74, 6) is 0.519. The number of benzene rings is 1. The summed E-state index contributed by atoms with van der Waals surface area (Å²) < 4.78 is 5.34. The van der Waals surface area contributed by atoms with Crippen LogP contribution in [0.2, 0.25) is 0 Å². The molecule has 3 N–H and O–H groups in total. The van der Waals surface area contributed by atoms with Crippen molar-refractivity contribution in [3.63, 3.8) is 0 Å². The number of rotatable bonds is 4. The molecule has 1 amide bonds. The van der Waals surface area contributed by atoms with Gasteiger partial charge in [-0.2, -0.15) is 0 Å². The largest absolute Gasteiger partial charge is 0.381 e. The molecule has 142 valence electrons. The molecule has 0 spiro atoms. The fourth-order valence-electron chi connectivity index (χ4n) is 3.58. The normalized spacial score (nSPS) is 16.3. The molecule has 0 radical (unpaired) electrons. The van der Waals surface area contributed by atoms with Crippen molar-refractivity contribution in [3.8, 4) is 0 Å². The summed E-state index contributed by atoms with van der Waals surface area (Å²) in [7, 11) is 0. The fraction of sp³-hybridized carbons (Fsp3) is 0.300. The van der Waals surface area contributed by atoms with Crippen molar-refractivity contribution in [1.82, 2.24) is 20.3 Å². The molecule has 0 atom stereocenters. The first-order valence-corrected chi connectivity index (χ1v) is 9.38. The van der Waals surface area contributed by atoms with Crippen LogP contribution >= 0.6 is 0 Å². The lowest BCUT2D eigenvalue weighted by Gasteiger charge is -2.22. The van der Waals surface area contributed by atoms with E-state index in [0.717, 1.165) is 36.0 Å². The summed E-state index contributed by atoms with van der Waals surface area (Å²) in [4.78, 5) is 28.6.